The van der Waals surface area contributed by atoms with E-state index in [1.807, 2.05) is 0 Å². The molecule has 0 atom stereocenters. The summed E-state index contributed by atoms with van der Waals surface area (Å²) in [6, 6.07) is -0.520. The minimum absolute atomic E-state index is 0.134. The fourth-order valence-electron chi connectivity index (χ4n) is 1.82. The van der Waals surface area contributed by atoms with Gasteiger partial charge < -0.3 is 20.2 Å². The van der Waals surface area contributed by atoms with Gasteiger partial charge in [0.15, 0.2) is 0 Å². The van der Waals surface area contributed by atoms with E-state index in [-0.39, 0.29) is 6.54 Å². The molecule has 1 aromatic rings. The van der Waals surface area contributed by atoms with Crippen molar-refractivity contribution in [3.8, 4) is 0 Å². The van der Waals surface area contributed by atoms with E-state index in [4.69, 9.17) is 9.52 Å². The monoisotopic (exact) mass is 253 g/mol. The fourth-order valence-corrected chi connectivity index (χ4v) is 1.82. The van der Waals surface area contributed by atoms with Crippen molar-refractivity contribution in [2.45, 2.75) is 38.3 Å². The number of aryl methyl sites for hydroxylation is 1. The first-order valence-electron chi connectivity index (χ1n) is 5.72. The SMILES string of the molecule is Cc1cnc(CNC(=O)NC2(C(=O)O)CCC2)o1. The van der Waals surface area contributed by atoms with Gasteiger partial charge in [-0.25, -0.2) is 14.6 Å². The van der Waals surface area contributed by atoms with Gasteiger partial charge in [-0.1, -0.05) is 0 Å². The molecule has 0 bridgehead atoms. The Morgan fingerprint density at radius 2 is 2.28 bits per heavy atom. The van der Waals surface area contributed by atoms with Crippen molar-refractivity contribution in [1.82, 2.24) is 15.6 Å². The summed E-state index contributed by atoms with van der Waals surface area (Å²) < 4.78 is 5.18. The van der Waals surface area contributed by atoms with Crippen LogP contribution < -0.4 is 10.6 Å². The van der Waals surface area contributed by atoms with Gasteiger partial charge >= 0.3 is 12.0 Å². The Balaban J connectivity index is 1.83. The van der Waals surface area contributed by atoms with Crippen LogP contribution in [0.4, 0.5) is 4.79 Å². The molecule has 0 radical (unpaired) electrons. The van der Waals surface area contributed by atoms with Crippen molar-refractivity contribution in [3.05, 3.63) is 17.8 Å². The lowest BCUT2D eigenvalue weighted by atomic mass is 9.77. The highest BCUT2D eigenvalue weighted by Crippen LogP contribution is 2.31. The fraction of sp³-hybridized carbons (Fsp3) is 0.545. The van der Waals surface area contributed by atoms with E-state index < -0.39 is 17.5 Å². The molecule has 1 aliphatic carbocycles. The second kappa shape index (κ2) is 4.67. The number of carboxylic acids is 1. The van der Waals surface area contributed by atoms with Crippen LogP contribution in [0.15, 0.2) is 10.6 Å². The molecule has 7 heteroatoms. The van der Waals surface area contributed by atoms with Gasteiger partial charge in [-0.2, -0.15) is 0 Å². The number of amides is 2. The van der Waals surface area contributed by atoms with Crippen molar-refractivity contribution in [1.29, 1.82) is 0 Å². The number of carbonyl (C=O) groups is 2. The number of carboxylic acid groups (broad SMARTS) is 1. The maximum Gasteiger partial charge on any atom is 0.329 e. The van der Waals surface area contributed by atoms with E-state index in [1.54, 1.807) is 13.1 Å². The Morgan fingerprint density at radius 3 is 2.72 bits per heavy atom. The summed E-state index contributed by atoms with van der Waals surface area (Å²) in [5, 5.41) is 14.1. The number of urea groups is 1. The number of oxazole rings is 1. The second-order valence-corrected chi connectivity index (χ2v) is 4.41. The van der Waals surface area contributed by atoms with Crippen LogP contribution in [-0.4, -0.2) is 27.6 Å². The van der Waals surface area contributed by atoms with E-state index in [9.17, 15) is 9.59 Å². The molecule has 1 saturated carbocycles. The lowest BCUT2D eigenvalue weighted by Gasteiger charge is -2.38. The quantitative estimate of drug-likeness (QED) is 0.735. The minimum atomic E-state index is -1.10. The molecule has 2 rings (SSSR count). The smallest absolute Gasteiger partial charge is 0.329 e. The normalized spacial score (nSPS) is 16.7. The van der Waals surface area contributed by atoms with E-state index in [1.165, 1.54) is 0 Å². The number of aliphatic carboxylic acids is 1. The summed E-state index contributed by atoms with van der Waals surface area (Å²) >= 11 is 0. The van der Waals surface area contributed by atoms with Gasteiger partial charge in [0, 0.05) is 0 Å². The lowest BCUT2D eigenvalue weighted by Crippen LogP contribution is -2.61. The molecule has 0 spiro atoms. The average Bonchev–Trinajstić information content (AvgIpc) is 2.66. The molecule has 18 heavy (non-hydrogen) atoms. The summed E-state index contributed by atoms with van der Waals surface area (Å²) in [6.07, 6.45) is 3.30. The molecule has 98 valence electrons. The third-order valence-electron chi connectivity index (χ3n) is 3.04. The molecule has 3 N–H and O–H groups in total. The second-order valence-electron chi connectivity index (χ2n) is 4.41. The summed E-state index contributed by atoms with van der Waals surface area (Å²) in [4.78, 5) is 26.6. The molecule has 1 heterocycles. The lowest BCUT2D eigenvalue weighted by molar-refractivity contribution is -0.148. The van der Waals surface area contributed by atoms with E-state index in [0.717, 1.165) is 6.42 Å². The molecule has 7 nitrogen and oxygen atoms in total. The van der Waals surface area contributed by atoms with Gasteiger partial charge in [0.1, 0.15) is 11.3 Å². The molecule has 0 saturated heterocycles. The summed E-state index contributed by atoms with van der Waals surface area (Å²) in [6.45, 7) is 1.89. The van der Waals surface area contributed by atoms with Crippen LogP contribution in [0.3, 0.4) is 0 Å². The van der Waals surface area contributed by atoms with Gasteiger partial charge in [-0.15, -0.1) is 0 Å². The Morgan fingerprint density at radius 1 is 1.56 bits per heavy atom. The van der Waals surface area contributed by atoms with Crippen molar-refractivity contribution in [2.75, 3.05) is 0 Å². The van der Waals surface area contributed by atoms with Gasteiger partial charge in [-0.05, 0) is 26.2 Å². The summed E-state index contributed by atoms with van der Waals surface area (Å²) in [5.74, 6) is 0.0599. The molecular formula is C11H15N3O4. The maximum atomic E-state index is 11.6. The number of hydrogen-bond acceptors (Lipinski definition) is 4. The zero-order valence-corrected chi connectivity index (χ0v) is 10.0. The summed E-state index contributed by atoms with van der Waals surface area (Å²) in [5.41, 5.74) is -1.10. The minimum Gasteiger partial charge on any atom is -0.480 e. The van der Waals surface area contributed by atoms with E-state index >= 15 is 0 Å². The van der Waals surface area contributed by atoms with Crippen LogP contribution in [0.1, 0.15) is 30.9 Å². The Hall–Kier alpha value is -2.05. The van der Waals surface area contributed by atoms with Gasteiger partial charge in [0.05, 0.1) is 12.7 Å². The number of aromatic nitrogens is 1. The average molecular weight is 253 g/mol. The van der Waals surface area contributed by atoms with Crippen LogP contribution >= 0.6 is 0 Å². The predicted molar refractivity (Wildman–Crippen MR) is 60.8 cm³/mol. The molecule has 2 amide bonds. The first kappa shape index (κ1) is 12.4. The van der Waals surface area contributed by atoms with Crippen molar-refractivity contribution < 1.29 is 19.1 Å². The highest BCUT2D eigenvalue weighted by atomic mass is 16.4. The Bertz CT molecular complexity index is 465. The third kappa shape index (κ3) is 2.44. The topological polar surface area (TPSA) is 104 Å². The van der Waals surface area contributed by atoms with Crippen LogP contribution in [0.5, 0.6) is 0 Å². The number of nitrogens with zero attached hydrogens (tertiary/aromatic N) is 1. The molecule has 1 aromatic heterocycles. The zero-order valence-electron chi connectivity index (χ0n) is 10.0. The van der Waals surface area contributed by atoms with Crippen molar-refractivity contribution in [3.63, 3.8) is 0 Å². The first-order valence-corrected chi connectivity index (χ1v) is 5.72. The Kier molecular flexibility index (Phi) is 3.22. The van der Waals surface area contributed by atoms with Crippen LogP contribution in [-0.2, 0) is 11.3 Å². The Labute approximate surface area is 104 Å². The number of hydrogen-bond donors (Lipinski definition) is 3. The van der Waals surface area contributed by atoms with Gasteiger partial charge in [0.25, 0.3) is 0 Å². The molecule has 1 aliphatic rings. The highest BCUT2D eigenvalue weighted by Gasteiger charge is 2.45. The maximum absolute atomic E-state index is 11.6. The largest absolute Gasteiger partial charge is 0.480 e. The van der Waals surface area contributed by atoms with Gasteiger partial charge in [-0.3, -0.25) is 0 Å². The molecule has 0 unspecified atom stereocenters. The molecular weight excluding hydrogens is 238 g/mol. The summed E-state index contributed by atoms with van der Waals surface area (Å²) in [7, 11) is 0. The third-order valence-corrected chi connectivity index (χ3v) is 3.04. The molecule has 1 fully saturated rings. The van der Waals surface area contributed by atoms with Crippen LogP contribution in [0, 0.1) is 6.92 Å². The van der Waals surface area contributed by atoms with Crippen LogP contribution in [0.2, 0.25) is 0 Å². The predicted octanol–water partition coefficient (Wildman–Crippen LogP) is 0.790. The van der Waals surface area contributed by atoms with Crippen molar-refractivity contribution >= 4 is 12.0 Å². The zero-order chi connectivity index (χ0) is 13.2. The van der Waals surface area contributed by atoms with Crippen LogP contribution in [0.25, 0.3) is 0 Å². The highest BCUT2D eigenvalue weighted by molar-refractivity contribution is 5.87. The van der Waals surface area contributed by atoms with Gasteiger partial charge in [0.2, 0.25) is 5.89 Å². The van der Waals surface area contributed by atoms with E-state index in [0.29, 0.717) is 24.5 Å². The standard InChI is InChI=1S/C11H15N3O4/c1-7-5-12-8(18-7)6-13-10(17)14-11(9(15)16)3-2-4-11/h5H,2-4,6H2,1H3,(H,15,16)(H2,13,14,17). The first-order chi connectivity index (χ1) is 8.52. The number of carbonyl (C=O) groups excluding carboxylic acids is 1. The molecule has 0 aromatic carbocycles. The number of nitrogens with one attached hydrogen (secondary N) is 2. The van der Waals surface area contributed by atoms with E-state index in [2.05, 4.69) is 15.6 Å². The number of rotatable bonds is 4. The van der Waals surface area contributed by atoms with Crippen molar-refractivity contribution in [2.24, 2.45) is 0 Å². The molecule has 0 aliphatic heterocycles.